The van der Waals surface area contributed by atoms with E-state index in [0.29, 0.717) is 0 Å². The van der Waals surface area contributed by atoms with Crippen molar-refractivity contribution in [3.8, 4) is 12.1 Å². The van der Waals surface area contributed by atoms with Crippen LogP contribution in [0.4, 0.5) is 9.18 Å². The Bertz CT molecular complexity index is 594. The predicted molar refractivity (Wildman–Crippen MR) is 68.8 cm³/mol. The van der Waals surface area contributed by atoms with Crippen LogP contribution in [-0.4, -0.2) is 11.7 Å². The lowest BCUT2D eigenvalue weighted by atomic mass is 10.1. The molecule has 1 N–H and O–H groups in total. The summed E-state index contributed by atoms with van der Waals surface area (Å²) in [5.74, 6) is -0.730. The third kappa shape index (κ3) is 4.25. The Morgan fingerprint density at radius 3 is 2.50 bits per heavy atom. The first-order chi connectivity index (χ1) is 9.26. The smallest absolute Gasteiger partial charge is 0.408 e. The minimum atomic E-state index is -1.18. The molecule has 1 aromatic rings. The van der Waals surface area contributed by atoms with Crippen LogP contribution in [0.5, 0.6) is 0 Å². The zero-order valence-corrected chi connectivity index (χ0v) is 11.4. The first-order valence-corrected chi connectivity index (χ1v) is 5.85. The first-order valence-electron chi connectivity index (χ1n) is 5.85. The third-order valence-corrected chi connectivity index (χ3v) is 2.23. The van der Waals surface area contributed by atoms with E-state index in [1.807, 2.05) is 0 Å². The molecule has 0 saturated heterocycles. The number of alkyl carbamates (subject to hydrolysis) is 1. The molecule has 0 aromatic heterocycles. The summed E-state index contributed by atoms with van der Waals surface area (Å²) in [6, 6.07) is 6.06. The molecule has 1 rings (SSSR count). The number of amides is 1. The monoisotopic (exact) mass is 275 g/mol. The van der Waals surface area contributed by atoms with Gasteiger partial charge >= 0.3 is 6.09 Å². The maximum Gasteiger partial charge on any atom is 0.408 e. The topological polar surface area (TPSA) is 85.9 Å². The van der Waals surface area contributed by atoms with E-state index in [0.717, 1.165) is 6.07 Å². The molecule has 0 radical (unpaired) electrons. The van der Waals surface area contributed by atoms with E-state index >= 15 is 0 Å². The molecule has 1 amide bonds. The van der Waals surface area contributed by atoms with E-state index in [-0.39, 0.29) is 11.1 Å². The zero-order valence-electron chi connectivity index (χ0n) is 11.4. The molecular weight excluding hydrogens is 261 g/mol. The predicted octanol–water partition coefficient (Wildman–Crippen LogP) is 2.79. The zero-order chi connectivity index (χ0) is 15.3. The minimum Gasteiger partial charge on any atom is -0.444 e. The number of nitrogens with one attached hydrogen (secondary N) is 1. The highest BCUT2D eigenvalue weighted by Gasteiger charge is 2.22. The quantitative estimate of drug-likeness (QED) is 0.899. The summed E-state index contributed by atoms with van der Waals surface area (Å²) in [6.45, 7) is 5.03. The number of nitrogens with zero attached hydrogens (tertiary/aromatic N) is 2. The van der Waals surface area contributed by atoms with Crippen LogP contribution in [0.3, 0.4) is 0 Å². The molecular formula is C14H14FN3O2. The molecule has 1 aromatic carbocycles. The van der Waals surface area contributed by atoms with Gasteiger partial charge in [0.05, 0.1) is 17.7 Å². The summed E-state index contributed by atoms with van der Waals surface area (Å²) in [6.07, 6.45) is -0.812. The maximum absolute atomic E-state index is 13.8. The Morgan fingerprint density at radius 2 is 2.05 bits per heavy atom. The lowest BCUT2D eigenvalue weighted by Crippen LogP contribution is -2.34. The summed E-state index contributed by atoms with van der Waals surface area (Å²) >= 11 is 0. The van der Waals surface area contributed by atoms with Gasteiger partial charge in [-0.3, -0.25) is 0 Å². The number of rotatable bonds is 2. The maximum atomic E-state index is 13.8. The average Bonchev–Trinajstić information content (AvgIpc) is 2.34. The second kappa shape index (κ2) is 6.03. The van der Waals surface area contributed by atoms with Crippen LogP contribution in [0.1, 0.15) is 37.9 Å². The first kappa shape index (κ1) is 15.5. The molecule has 0 saturated carbocycles. The Balaban J connectivity index is 2.91. The van der Waals surface area contributed by atoms with Crippen molar-refractivity contribution >= 4 is 6.09 Å². The molecule has 6 heteroatoms. The van der Waals surface area contributed by atoms with E-state index < -0.39 is 23.6 Å². The lowest BCUT2D eigenvalue weighted by Gasteiger charge is -2.21. The number of hydrogen-bond acceptors (Lipinski definition) is 4. The Labute approximate surface area is 116 Å². The molecule has 0 fully saturated rings. The average molecular weight is 275 g/mol. The van der Waals surface area contributed by atoms with E-state index in [9.17, 15) is 9.18 Å². The fraction of sp³-hybridized carbons (Fsp3) is 0.357. The molecule has 0 aliphatic heterocycles. The Hall–Kier alpha value is -2.60. The number of nitriles is 2. The second-order valence-corrected chi connectivity index (χ2v) is 5.06. The van der Waals surface area contributed by atoms with Crippen molar-refractivity contribution in [3.63, 3.8) is 0 Å². The number of carbonyl (C=O) groups is 1. The van der Waals surface area contributed by atoms with E-state index in [2.05, 4.69) is 5.32 Å². The Morgan fingerprint density at radius 1 is 1.40 bits per heavy atom. The third-order valence-electron chi connectivity index (χ3n) is 2.23. The molecule has 0 spiro atoms. The van der Waals surface area contributed by atoms with Gasteiger partial charge in [0.15, 0.2) is 0 Å². The van der Waals surface area contributed by atoms with Crippen LogP contribution < -0.4 is 5.32 Å². The van der Waals surface area contributed by atoms with Crippen molar-refractivity contribution < 1.29 is 13.9 Å². The minimum absolute atomic E-state index is 0.0163. The van der Waals surface area contributed by atoms with E-state index in [1.54, 1.807) is 32.9 Å². The SMILES string of the molecule is CC(C)(C)OC(=O)N[C@@H](C#N)c1ccc(C#N)cc1F. The van der Waals surface area contributed by atoms with Crippen molar-refractivity contribution in [1.82, 2.24) is 5.32 Å². The van der Waals surface area contributed by atoms with Crippen molar-refractivity contribution in [2.45, 2.75) is 32.4 Å². The number of ether oxygens (including phenoxy) is 1. The number of carbonyl (C=O) groups excluding carboxylic acids is 1. The lowest BCUT2D eigenvalue weighted by molar-refractivity contribution is 0.0515. The van der Waals surface area contributed by atoms with E-state index in [4.69, 9.17) is 15.3 Å². The molecule has 0 bridgehead atoms. The molecule has 0 unspecified atom stereocenters. The number of hydrogen-bond donors (Lipinski definition) is 1. The van der Waals surface area contributed by atoms with Gasteiger partial charge in [0, 0.05) is 5.56 Å². The van der Waals surface area contributed by atoms with Gasteiger partial charge < -0.3 is 10.1 Å². The van der Waals surface area contributed by atoms with Gasteiger partial charge in [0.25, 0.3) is 0 Å². The van der Waals surface area contributed by atoms with Gasteiger partial charge in [-0.25, -0.2) is 9.18 Å². The van der Waals surface area contributed by atoms with Gasteiger partial charge in [0.2, 0.25) is 0 Å². The summed E-state index contributed by atoms with van der Waals surface area (Å²) in [5, 5.41) is 19.9. The van der Waals surface area contributed by atoms with Crippen LogP contribution in [0, 0.1) is 28.5 Å². The second-order valence-electron chi connectivity index (χ2n) is 5.06. The van der Waals surface area contributed by atoms with Crippen LogP contribution in [0.2, 0.25) is 0 Å². The molecule has 1 atom stereocenters. The molecule has 0 heterocycles. The molecule has 20 heavy (non-hydrogen) atoms. The highest BCUT2D eigenvalue weighted by molar-refractivity contribution is 5.69. The standard InChI is InChI=1S/C14H14FN3O2/c1-14(2,3)20-13(19)18-12(8-17)10-5-4-9(7-16)6-11(10)15/h4-6,12H,1-3H3,(H,18,19)/t12-/m0/s1. The largest absolute Gasteiger partial charge is 0.444 e. The van der Waals surface area contributed by atoms with Gasteiger partial charge in [-0.2, -0.15) is 10.5 Å². The fourth-order valence-corrected chi connectivity index (χ4v) is 1.44. The molecule has 104 valence electrons. The Kier molecular flexibility index (Phi) is 4.66. The summed E-state index contributed by atoms with van der Waals surface area (Å²) in [5.41, 5.74) is -0.592. The van der Waals surface area contributed by atoms with Gasteiger partial charge in [-0.15, -0.1) is 0 Å². The highest BCUT2D eigenvalue weighted by atomic mass is 19.1. The van der Waals surface area contributed by atoms with Crippen molar-refractivity contribution in [1.29, 1.82) is 10.5 Å². The van der Waals surface area contributed by atoms with Crippen LogP contribution >= 0.6 is 0 Å². The van der Waals surface area contributed by atoms with Crippen molar-refractivity contribution in [2.24, 2.45) is 0 Å². The fourth-order valence-electron chi connectivity index (χ4n) is 1.44. The van der Waals surface area contributed by atoms with Gasteiger partial charge in [-0.1, -0.05) is 6.07 Å². The summed E-state index contributed by atoms with van der Waals surface area (Å²) in [7, 11) is 0. The van der Waals surface area contributed by atoms with Crippen LogP contribution in [-0.2, 0) is 4.74 Å². The highest BCUT2D eigenvalue weighted by Crippen LogP contribution is 2.18. The normalized spacial score (nSPS) is 11.9. The molecule has 0 aliphatic carbocycles. The summed E-state index contributed by atoms with van der Waals surface area (Å²) in [4.78, 5) is 11.6. The molecule has 5 nitrogen and oxygen atoms in total. The van der Waals surface area contributed by atoms with E-state index in [1.165, 1.54) is 12.1 Å². The number of benzene rings is 1. The molecule has 0 aliphatic rings. The number of halogens is 1. The van der Waals surface area contributed by atoms with Crippen LogP contribution in [0.25, 0.3) is 0 Å². The van der Waals surface area contributed by atoms with Crippen molar-refractivity contribution in [3.05, 3.63) is 35.1 Å². The van der Waals surface area contributed by atoms with Gasteiger partial charge in [0.1, 0.15) is 17.5 Å². The summed E-state index contributed by atoms with van der Waals surface area (Å²) < 4.78 is 18.8. The van der Waals surface area contributed by atoms with Gasteiger partial charge in [-0.05, 0) is 32.9 Å². The van der Waals surface area contributed by atoms with Crippen LogP contribution in [0.15, 0.2) is 18.2 Å². The van der Waals surface area contributed by atoms with Crippen molar-refractivity contribution in [2.75, 3.05) is 0 Å².